The number of piperidine rings is 1. The van der Waals surface area contributed by atoms with Crippen molar-refractivity contribution in [3.8, 4) is 11.5 Å². The number of carbonyl (C=O) groups is 1. The first-order valence-electron chi connectivity index (χ1n) is 12.8. The van der Waals surface area contributed by atoms with E-state index >= 15 is 0 Å². The number of rotatable bonds is 6. The van der Waals surface area contributed by atoms with Crippen LogP contribution in [-0.4, -0.2) is 33.0 Å². The van der Waals surface area contributed by atoms with E-state index in [4.69, 9.17) is 9.72 Å². The predicted octanol–water partition coefficient (Wildman–Crippen LogP) is 5.88. The third kappa shape index (κ3) is 5.75. The number of pyridine rings is 1. The molecule has 0 radical (unpaired) electrons. The van der Waals surface area contributed by atoms with Crippen molar-refractivity contribution in [2.24, 2.45) is 7.05 Å². The van der Waals surface area contributed by atoms with Crippen molar-refractivity contribution in [1.82, 2.24) is 19.9 Å². The number of amides is 1. The smallest absolute Gasteiger partial charge is 0.242 e. The van der Waals surface area contributed by atoms with E-state index in [-0.39, 0.29) is 17.4 Å². The van der Waals surface area contributed by atoms with E-state index < -0.39 is 0 Å². The molecular formula is C29H34N6O2. The van der Waals surface area contributed by atoms with E-state index in [1.807, 2.05) is 35.9 Å². The summed E-state index contributed by atoms with van der Waals surface area (Å²) in [6, 6.07) is 17.6. The van der Waals surface area contributed by atoms with Crippen LogP contribution in [0.15, 0.2) is 60.8 Å². The lowest BCUT2D eigenvalue weighted by atomic mass is 9.87. The first-order chi connectivity index (χ1) is 17.8. The van der Waals surface area contributed by atoms with E-state index in [0.29, 0.717) is 17.3 Å². The van der Waals surface area contributed by atoms with Gasteiger partial charge in [-0.3, -0.25) is 4.79 Å². The Morgan fingerprint density at radius 2 is 1.92 bits per heavy atom. The highest BCUT2D eigenvalue weighted by Gasteiger charge is 2.21. The maximum atomic E-state index is 12.5. The summed E-state index contributed by atoms with van der Waals surface area (Å²) >= 11 is 0. The van der Waals surface area contributed by atoms with Gasteiger partial charge >= 0.3 is 0 Å². The van der Waals surface area contributed by atoms with Gasteiger partial charge in [0.25, 0.3) is 0 Å². The van der Waals surface area contributed by atoms with Gasteiger partial charge in [-0.25, -0.2) is 9.97 Å². The number of aryl methyl sites for hydroxylation is 1. The van der Waals surface area contributed by atoms with Gasteiger partial charge in [-0.1, -0.05) is 39.3 Å². The quantitative estimate of drug-likeness (QED) is 0.307. The summed E-state index contributed by atoms with van der Waals surface area (Å²) < 4.78 is 8.13. The molecule has 1 aliphatic rings. The zero-order valence-corrected chi connectivity index (χ0v) is 21.8. The molecule has 4 aromatic rings. The standard InChI is InChI=1S/C29H34N6O2/c1-29(2,3)19-8-7-9-20(16-19)32-28-33-24-17-21(11-12-25(24)35(28)4)37-22-13-15-31-26(18-22)34-27(36)23-10-5-6-14-30-23/h7-9,11-13,15-18,23,30H,5-6,10,14H2,1-4H3,(H,32,33)(H,31,34,36)/t23-/m0/s1. The number of ether oxygens (including phenoxy) is 1. The maximum absolute atomic E-state index is 12.5. The second-order valence-electron chi connectivity index (χ2n) is 10.6. The number of hydrogen-bond acceptors (Lipinski definition) is 6. The Kier molecular flexibility index (Phi) is 6.84. The molecule has 1 amide bonds. The third-order valence-electron chi connectivity index (χ3n) is 6.68. The van der Waals surface area contributed by atoms with Crippen molar-refractivity contribution in [3.05, 3.63) is 66.4 Å². The van der Waals surface area contributed by atoms with E-state index in [1.165, 1.54) is 5.56 Å². The van der Waals surface area contributed by atoms with Gasteiger partial charge in [0.05, 0.1) is 17.1 Å². The maximum Gasteiger partial charge on any atom is 0.242 e. The molecule has 0 saturated carbocycles. The molecule has 192 valence electrons. The molecule has 8 nitrogen and oxygen atoms in total. The van der Waals surface area contributed by atoms with Gasteiger partial charge in [0, 0.05) is 31.1 Å². The molecule has 0 spiro atoms. The van der Waals surface area contributed by atoms with Crippen LogP contribution in [0.4, 0.5) is 17.5 Å². The van der Waals surface area contributed by atoms with Crippen LogP contribution < -0.4 is 20.7 Å². The van der Waals surface area contributed by atoms with Gasteiger partial charge in [-0.2, -0.15) is 0 Å². The van der Waals surface area contributed by atoms with Crippen LogP contribution in [0.25, 0.3) is 11.0 Å². The van der Waals surface area contributed by atoms with Gasteiger partial charge < -0.3 is 25.3 Å². The Morgan fingerprint density at radius 3 is 2.70 bits per heavy atom. The molecule has 1 fully saturated rings. The minimum atomic E-state index is -0.176. The van der Waals surface area contributed by atoms with Gasteiger partial charge in [0.1, 0.15) is 17.3 Å². The highest BCUT2D eigenvalue weighted by molar-refractivity contribution is 5.94. The fourth-order valence-electron chi connectivity index (χ4n) is 4.52. The highest BCUT2D eigenvalue weighted by atomic mass is 16.5. The summed E-state index contributed by atoms with van der Waals surface area (Å²) in [5, 5.41) is 9.61. The average molecular weight is 499 g/mol. The molecule has 3 heterocycles. The number of fused-ring (bicyclic) bond motifs is 1. The van der Waals surface area contributed by atoms with Crippen LogP contribution in [0.1, 0.15) is 45.6 Å². The molecule has 1 saturated heterocycles. The Balaban J connectivity index is 1.31. The average Bonchev–Trinajstić information content (AvgIpc) is 3.18. The molecule has 1 aliphatic heterocycles. The number of aromatic nitrogens is 3. The van der Waals surface area contributed by atoms with Crippen LogP contribution in [0.5, 0.6) is 11.5 Å². The Labute approximate surface area is 217 Å². The highest BCUT2D eigenvalue weighted by Crippen LogP contribution is 2.30. The minimum Gasteiger partial charge on any atom is -0.457 e. The topological polar surface area (TPSA) is 93.1 Å². The monoisotopic (exact) mass is 498 g/mol. The zero-order valence-electron chi connectivity index (χ0n) is 21.8. The van der Waals surface area contributed by atoms with E-state index in [0.717, 1.165) is 48.5 Å². The SMILES string of the molecule is Cn1c(Nc2cccc(C(C)(C)C)c2)nc2cc(Oc3ccnc(NC(=O)[C@@H]4CCCCN4)c3)ccc21. The summed E-state index contributed by atoms with van der Waals surface area (Å²) in [5.74, 6) is 2.41. The molecule has 2 aromatic carbocycles. The van der Waals surface area contributed by atoms with Gasteiger partial charge in [0.15, 0.2) is 0 Å². The van der Waals surface area contributed by atoms with Crippen molar-refractivity contribution in [1.29, 1.82) is 0 Å². The van der Waals surface area contributed by atoms with Crippen LogP contribution in [0.2, 0.25) is 0 Å². The van der Waals surface area contributed by atoms with Crippen LogP contribution >= 0.6 is 0 Å². The fourth-order valence-corrected chi connectivity index (χ4v) is 4.52. The Bertz CT molecular complexity index is 1420. The van der Waals surface area contributed by atoms with Gasteiger partial charge in [-0.05, 0) is 60.7 Å². The lowest BCUT2D eigenvalue weighted by Gasteiger charge is -2.22. The number of nitrogens with zero attached hydrogens (tertiary/aromatic N) is 3. The zero-order chi connectivity index (χ0) is 26.0. The van der Waals surface area contributed by atoms with Crippen molar-refractivity contribution >= 4 is 34.4 Å². The van der Waals surface area contributed by atoms with Crippen LogP contribution in [-0.2, 0) is 17.3 Å². The first-order valence-corrected chi connectivity index (χ1v) is 12.8. The molecular weight excluding hydrogens is 464 g/mol. The molecule has 0 bridgehead atoms. The van der Waals surface area contributed by atoms with Gasteiger partial charge in [0.2, 0.25) is 11.9 Å². The molecule has 2 aromatic heterocycles. The first kappa shape index (κ1) is 24.8. The largest absolute Gasteiger partial charge is 0.457 e. The minimum absolute atomic E-state index is 0.0627. The lowest BCUT2D eigenvalue weighted by Crippen LogP contribution is -2.43. The van der Waals surface area contributed by atoms with Gasteiger partial charge in [-0.15, -0.1) is 0 Å². The third-order valence-corrected chi connectivity index (χ3v) is 6.68. The molecule has 1 atom stereocenters. The summed E-state index contributed by atoms with van der Waals surface area (Å²) in [6.45, 7) is 7.48. The van der Waals surface area contributed by atoms with E-state index in [9.17, 15) is 4.79 Å². The Morgan fingerprint density at radius 1 is 1.08 bits per heavy atom. The molecule has 37 heavy (non-hydrogen) atoms. The number of imidazole rings is 1. The van der Waals surface area contributed by atoms with Crippen molar-refractivity contribution in [3.63, 3.8) is 0 Å². The number of benzene rings is 2. The summed E-state index contributed by atoms with van der Waals surface area (Å²) in [5.41, 5.74) is 4.13. The van der Waals surface area contributed by atoms with Crippen LogP contribution in [0.3, 0.4) is 0 Å². The summed E-state index contributed by atoms with van der Waals surface area (Å²) in [4.78, 5) is 21.6. The van der Waals surface area contributed by atoms with E-state index in [2.05, 4.69) is 59.9 Å². The molecule has 5 rings (SSSR count). The Hall–Kier alpha value is -3.91. The predicted molar refractivity (Wildman–Crippen MR) is 148 cm³/mol. The van der Waals surface area contributed by atoms with Crippen molar-refractivity contribution in [2.75, 3.05) is 17.2 Å². The number of carbonyl (C=O) groups excluding carboxylic acids is 1. The summed E-state index contributed by atoms with van der Waals surface area (Å²) in [7, 11) is 1.99. The molecule has 0 aliphatic carbocycles. The lowest BCUT2D eigenvalue weighted by molar-refractivity contribution is -0.118. The number of nitrogens with one attached hydrogen (secondary N) is 3. The number of anilines is 3. The molecule has 0 unspecified atom stereocenters. The summed E-state index contributed by atoms with van der Waals surface area (Å²) in [6.07, 6.45) is 4.63. The fraction of sp³-hybridized carbons (Fsp3) is 0.345. The second kappa shape index (κ2) is 10.2. The van der Waals surface area contributed by atoms with Crippen molar-refractivity contribution < 1.29 is 9.53 Å². The normalized spacial score (nSPS) is 15.9. The molecule has 3 N–H and O–H groups in total. The number of hydrogen-bond donors (Lipinski definition) is 3. The van der Waals surface area contributed by atoms with Crippen molar-refractivity contribution in [2.45, 2.75) is 51.5 Å². The van der Waals surface area contributed by atoms with E-state index in [1.54, 1.807) is 18.3 Å². The molecule has 8 heteroatoms. The van der Waals surface area contributed by atoms with Crippen LogP contribution in [0, 0.1) is 0 Å². The second-order valence-corrected chi connectivity index (χ2v) is 10.6.